The Morgan fingerprint density at radius 2 is 2.10 bits per heavy atom. The van der Waals surface area contributed by atoms with E-state index in [9.17, 15) is 10.1 Å². The molecule has 0 radical (unpaired) electrons. The molecule has 0 saturated carbocycles. The highest BCUT2D eigenvalue weighted by Gasteiger charge is 2.20. The number of hydrogen-bond acceptors (Lipinski definition) is 4. The lowest BCUT2D eigenvalue weighted by Gasteiger charge is -2.33. The highest BCUT2D eigenvalue weighted by atomic mass is 79.9. The maximum Gasteiger partial charge on any atom is 0.269 e. The molecular formula is C15H22BrN3O2. The van der Waals surface area contributed by atoms with E-state index in [0.29, 0.717) is 11.2 Å². The van der Waals surface area contributed by atoms with Gasteiger partial charge in [-0.15, -0.1) is 0 Å². The van der Waals surface area contributed by atoms with Crippen LogP contribution in [-0.4, -0.2) is 43.6 Å². The third kappa shape index (κ3) is 4.17. The number of rotatable bonds is 5. The van der Waals surface area contributed by atoms with Gasteiger partial charge in [-0.2, -0.15) is 0 Å². The Hall–Kier alpha value is -1.14. The first kappa shape index (κ1) is 16.2. The fourth-order valence-electron chi connectivity index (χ4n) is 2.90. The minimum absolute atomic E-state index is 0.154. The third-order valence-corrected chi connectivity index (χ3v) is 4.80. The van der Waals surface area contributed by atoms with Crippen LogP contribution < -0.4 is 4.90 Å². The molecule has 21 heavy (non-hydrogen) atoms. The summed E-state index contributed by atoms with van der Waals surface area (Å²) in [6.07, 6.45) is 2.44. The lowest BCUT2D eigenvalue weighted by molar-refractivity contribution is -0.384. The van der Waals surface area contributed by atoms with Crippen molar-refractivity contribution in [3.8, 4) is 0 Å². The van der Waals surface area contributed by atoms with Gasteiger partial charge in [0.1, 0.15) is 0 Å². The van der Waals surface area contributed by atoms with E-state index in [1.165, 1.54) is 12.8 Å². The summed E-state index contributed by atoms with van der Waals surface area (Å²) in [5.41, 5.74) is 2.21. The fourth-order valence-corrected chi connectivity index (χ4v) is 3.34. The molecule has 0 aliphatic carbocycles. The Kier molecular flexibility index (Phi) is 5.58. The van der Waals surface area contributed by atoms with E-state index in [1.54, 1.807) is 12.1 Å². The molecule has 0 amide bonds. The molecule has 1 aromatic carbocycles. The second-order valence-electron chi connectivity index (χ2n) is 5.83. The van der Waals surface area contributed by atoms with E-state index in [2.05, 4.69) is 39.8 Å². The summed E-state index contributed by atoms with van der Waals surface area (Å²) in [5.74, 6) is 0.699. The summed E-state index contributed by atoms with van der Waals surface area (Å²) < 4.78 is 0. The van der Waals surface area contributed by atoms with Gasteiger partial charge in [-0.25, -0.2) is 0 Å². The van der Waals surface area contributed by atoms with Crippen LogP contribution in [0, 0.1) is 16.0 Å². The summed E-state index contributed by atoms with van der Waals surface area (Å²) in [7, 11) is 4.24. The van der Waals surface area contributed by atoms with Gasteiger partial charge in [-0.05, 0) is 50.5 Å². The van der Waals surface area contributed by atoms with Crippen molar-refractivity contribution in [1.82, 2.24) is 4.90 Å². The average molecular weight is 356 g/mol. The van der Waals surface area contributed by atoms with Gasteiger partial charge in [0.15, 0.2) is 0 Å². The Labute approximate surface area is 134 Å². The Morgan fingerprint density at radius 1 is 1.43 bits per heavy atom. The standard InChI is InChI=1S/C15H22BrN3O2/c1-17-7-5-12(6-8-17)11-18(2)15-4-3-14(19(20)21)9-13(15)10-16/h3-4,9,12H,5-8,10-11H2,1-2H3. The molecule has 1 heterocycles. The molecule has 6 heteroatoms. The summed E-state index contributed by atoms with van der Waals surface area (Å²) in [4.78, 5) is 15.1. The van der Waals surface area contributed by atoms with Crippen molar-refractivity contribution in [2.24, 2.45) is 5.92 Å². The van der Waals surface area contributed by atoms with Crippen LogP contribution in [0.2, 0.25) is 0 Å². The minimum Gasteiger partial charge on any atom is -0.374 e. The van der Waals surface area contributed by atoms with Crippen molar-refractivity contribution in [2.45, 2.75) is 18.2 Å². The van der Waals surface area contributed by atoms with E-state index in [0.717, 1.165) is 30.9 Å². The lowest BCUT2D eigenvalue weighted by Crippen LogP contribution is -2.35. The maximum absolute atomic E-state index is 10.9. The molecule has 5 nitrogen and oxygen atoms in total. The van der Waals surface area contributed by atoms with Crippen molar-refractivity contribution in [3.05, 3.63) is 33.9 Å². The summed E-state index contributed by atoms with van der Waals surface area (Å²) in [6, 6.07) is 5.12. The second kappa shape index (κ2) is 7.22. The van der Waals surface area contributed by atoms with Crippen molar-refractivity contribution >= 4 is 27.3 Å². The van der Waals surface area contributed by atoms with Gasteiger partial charge in [-0.3, -0.25) is 10.1 Å². The predicted octanol–water partition coefficient (Wildman–Crippen LogP) is 3.27. The van der Waals surface area contributed by atoms with Crippen LogP contribution >= 0.6 is 15.9 Å². The molecule has 0 aromatic heterocycles. The number of benzene rings is 1. The number of halogens is 1. The molecule has 1 fully saturated rings. The molecular weight excluding hydrogens is 334 g/mol. The fraction of sp³-hybridized carbons (Fsp3) is 0.600. The number of alkyl halides is 1. The molecule has 0 atom stereocenters. The van der Waals surface area contributed by atoms with E-state index in [4.69, 9.17) is 0 Å². The number of nitro benzene ring substituents is 1. The zero-order valence-corrected chi connectivity index (χ0v) is 14.2. The molecule has 1 aliphatic rings. The highest BCUT2D eigenvalue weighted by Crippen LogP contribution is 2.28. The van der Waals surface area contributed by atoms with Crippen LogP contribution in [0.4, 0.5) is 11.4 Å². The summed E-state index contributed by atoms with van der Waals surface area (Å²) in [5, 5.41) is 11.5. The lowest BCUT2D eigenvalue weighted by atomic mass is 9.96. The molecule has 1 saturated heterocycles. The van der Waals surface area contributed by atoms with Gasteiger partial charge >= 0.3 is 0 Å². The molecule has 116 valence electrons. The zero-order valence-electron chi connectivity index (χ0n) is 12.6. The van der Waals surface area contributed by atoms with E-state index in [1.807, 2.05) is 6.07 Å². The van der Waals surface area contributed by atoms with E-state index >= 15 is 0 Å². The number of nitrogens with zero attached hydrogens (tertiary/aromatic N) is 3. The SMILES string of the molecule is CN1CCC(CN(C)c2ccc([N+](=O)[O-])cc2CBr)CC1. The topological polar surface area (TPSA) is 49.6 Å². The van der Waals surface area contributed by atoms with Crippen molar-refractivity contribution < 1.29 is 4.92 Å². The monoisotopic (exact) mass is 355 g/mol. The summed E-state index contributed by atoms with van der Waals surface area (Å²) >= 11 is 3.44. The number of anilines is 1. The molecule has 2 rings (SSSR count). The number of non-ortho nitro benzene ring substituents is 1. The van der Waals surface area contributed by atoms with Gasteiger partial charge in [0.05, 0.1) is 4.92 Å². The van der Waals surface area contributed by atoms with Crippen LogP contribution in [0.25, 0.3) is 0 Å². The van der Waals surface area contributed by atoms with Crippen molar-refractivity contribution in [1.29, 1.82) is 0 Å². The Bertz CT molecular complexity index is 502. The number of hydrogen-bond donors (Lipinski definition) is 0. The maximum atomic E-state index is 10.9. The van der Waals surface area contributed by atoms with Gasteiger partial charge in [-0.1, -0.05) is 15.9 Å². The highest BCUT2D eigenvalue weighted by molar-refractivity contribution is 9.08. The Balaban J connectivity index is 2.07. The van der Waals surface area contributed by atoms with Gasteiger partial charge in [0.2, 0.25) is 0 Å². The summed E-state index contributed by atoms with van der Waals surface area (Å²) in [6.45, 7) is 3.32. The second-order valence-corrected chi connectivity index (χ2v) is 6.39. The molecule has 0 spiro atoms. The number of nitro groups is 1. The number of likely N-dealkylation sites (tertiary alicyclic amines) is 1. The normalized spacial score (nSPS) is 16.9. The molecule has 1 aliphatic heterocycles. The molecule has 1 aromatic rings. The molecule has 0 bridgehead atoms. The van der Waals surface area contributed by atoms with Crippen LogP contribution in [0.3, 0.4) is 0 Å². The van der Waals surface area contributed by atoms with E-state index in [-0.39, 0.29) is 10.6 Å². The number of piperidine rings is 1. The van der Waals surface area contributed by atoms with Gasteiger partial charge < -0.3 is 9.80 Å². The Morgan fingerprint density at radius 3 is 2.67 bits per heavy atom. The van der Waals surface area contributed by atoms with Crippen molar-refractivity contribution in [2.75, 3.05) is 38.6 Å². The predicted molar refractivity (Wildman–Crippen MR) is 89.2 cm³/mol. The molecule has 0 N–H and O–H groups in total. The van der Waals surface area contributed by atoms with Gasteiger partial charge in [0, 0.05) is 36.7 Å². The molecule has 0 unspecified atom stereocenters. The average Bonchev–Trinajstić information content (AvgIpc) is 2.48. The minimum atomic E-state index is -0.340. The van der Waals surface area contributed by atoms with Crippen LogP contribution in [0.1, 0.15) is 18.4 Å². The van der Waals surface area contributed by atoms with Crippen LogP contribution in [0.5, 0.6) is 0 Å². The first-order valence-corrected chi connectivity index (χ1v) is 8.36. The van der Waals surface area contributed by atoms with E-state index < -0.39 is 0 Å². The largest absolute Gasteiger partial charge is 0.374 e. The quantitative estimate of drug-likeness (QED) is 0.462. The van der Waals surface area contributed by atoms with Crippen LogP contribution in [-0.2, 0) is 5.33 Å². The van der Waals surface area contributed by atoms with Crippen molar-refractivity contribution in [3.63, 3.8) is 0 Å². The third-order valence-electron chi connectivity index (χ3n) is 4.20. The smallest absolute Gasteiger partial charge is 0.269 e. The van der Waals surface area contributed by atoms with Gasteiger partial charge in [0.25, 0.3) is 5.69 Å². The van der Waals surface area contributed by atoms with Crippen LogP contribution in [0.15, 0.2) is 18.2 Å². The first-order valence-electron chi connectivity index (χ1n) is 7.24. The zero-order chi connectivity index (χ0) is 15.4. The first-order chi connectivity index (χ1) is 10.0.